The third-order valence-corrected chi connectivity index (χ3v) is 10.5. The molecule has 6 atom stereocenters. The van der Waals surface area contributed by atoms with Crippen molar-refractivity contribution in [3.63, 3.8) is 0 Å². The molecule has 6 rings (SSSR count). The quantitative estimate of drug-likeness (QED) is 0.122. The molecule has 0 unspecified atom stereocenters. The van der Waals surface area contributed by atoms with Crippen molar-refractivity contribution >= 4 is 18.0 Å². The number of benzene rings is 4. The third kappa shape index (κ3) is 11.1. The number of rotatable bonds is 13. The van der Waals surface area contributed by atoms with E-state index in [1.165, 1.54) is 7.11 Å². The Labute approximate surface area is 335 Å². The molecule has 2 amide bonds. The van der Waals surface area contributed by atoms with Crippen LogP contribution in [0.15, 0.2) is 103 Å². The average molecular weight is 778 g/mol. The topological polar surface area (TPSA) is 136 Å². The fourth-order valence-electron chi connectivity index (χ4n) is 7.54. The van der Waals surface area contributed by atoms with E-state index in [2.05, 4.69) is 28.5 Å². The van der Waals surface area contributed by atoms with Gasteiger partial charge in [0.05, 0.1) is 25.9 Å². The molecule has 0 aromatic heterocycles. The number of hydrogen-bond donors (Lipinski definition) is 3. The zero-order valence-corrected chi connectivity index (χ0v) is 33.5. The molecule has 11 heteroatoms. The van der Waals surface area contributed by atoms with Crippen LogP contribution in [-0.2, 0) is 48.1 Å². The molecule has 0 radical (unpaired) electrons. The Hall–Kier alpha value is -5.07. The summed E-state index contributed by atoms with van der Waals surface area (Å²) in [6.45, 7) is 9.32. The van der Waals surface area contributed by atoms with Crippen molar-refractivity contribution in [3.8, 4) is 11.1 Å². The Bertz CT molecular complexity index is 1960. The SMILES string of the molecule is COC(=O)[C@H](Cc1ccccc1)NC(=O)NCc1cccc(-c2cccc([C@H]3O[C@@H](CN4CCC[C@H]4C(=O)OC(C)(C)C)[C@@H](C)[C@@H](c4ccc(CO)cc4)O3)c2)c1. The Morgan fingerprint density at radius 3 is 2.26 bits per heavy atom. The van der Waals surface area contributed by atoms with Gasteiger partial charge in [0.25, 0.3) is 0 Å². The highest BCUT2D eigenvalue weighted by atomic mass is 16.7. The molecule has 0 bridgehead atoms. The number of carbonyl (C=O) groups is 3. The maximum atomic E-state index is 13.2. The van der Waals surface area contributed by atoms with E-state index in [0.717, 1.165) is 58.3 Å². The second-order valence-electron chi connectivity index (χ2n) is 15.9. The molecule has 3 N–H and O–H groups in total. The summed E-state index contributed by atoms with van der Waals surface area (Å²) in [6.07, 6.45) is 0.697. The highest BCUT2D eigenvalue weighted by molar-refractivity contribution is 5.83. The van der Waals surface area contributed by atoms with Crippen LogP contribution in [0.3, 0.4) is 0 Å². The molecule has 11 nitrogen and oxygen atoms in total. The lowest BCUT2D eigenvalue weighted by Gasteiger charge is -2.43. The number of carbonyl (C=O) groups excluding carboxylic acids is 3. The molecule has 2 aliphatic rings. The van der Waals surface area contributed by atoms with Gasteiger partial charge in [-0.25, -0.2) is 9.59 Å². The number of likely N-dealkylation sites (tertiary alicyclic amines) is 1. The van der Waals surface area contributed by atoms with Crippen molar-refractivity contribution in [2.24, 2.45) is 5.92 Å². The number of urea groups is 1. The van der Waals surface area contributed by atoms with Gasteiger partial charge in [0, 0.05) is 31.0 Å². The van der Waals surface area contributed by atoms with Crippen LogP contribution in [0.2, 0.25) is 0 Å². The van der Waals surface area contributed by atoms with Gasteiger partial charge < -0.3 is 34.7 Å². The molecule has 2 fully saturated rings. The summed E-state index contributed by atoms with van der Waals surface area (Å²) in [5.41, 5.74) is 5.76. The number of aliphatic hydroxyl groups excluding tert-OH is 1. The van der Waals surface area contributed by atoms with Gasteiger partial charge in [-0.05, 0) is 85.7 Å². The number of methoxy groups -OCH3 is 1. The number of aliphatic hydroxyl groups is 1. The maximum Gasteiger partial charge on any atom is 0.328 e. The van der Waals surface area contributed by atoms with Crippen LogP contribution < -0.4 is 10.6 Å². The molecular formula is C46H55N3O8. The third-order valence-electron chi connectivity index (χ3n) is 10.5. The van der Waals surface area contributed by atoms with Gasteiger partial charge in [0.15, 0.2) is 6.29 Å². The molecular weight excluding hydrogens is 723 g/mol. The Morgan fingerprint density at radius 2 is 1.56 bits per heavy atom. The summed E-state index contributed by atoms with van der Waals surface area (Å²) in [5, 5.41) is 15.3. The van der Waals surface area contributed by atoms with Gasteiger partial charge in [-0.15, -0.1) is 0 Å². The fourth-order valence-corrected chi connectivity index (χ4v) is 7.54. The van der Waals surface area contributed by atoms with Crippen LogP contribution in [0.5, 0.6) is 0 Å². The molecule has 4 aromatic carbocycles. The summed E-state index contributed by atoms with van der Waals surface area (Å²) in [4.78, 5) is 40.8. The van der Waals surface area contributed by atoms with Crippen LogP contribution in [0, 0.1) is 5.92 Å². The lowest BCUT2D eigenvalue weighted by atomic mass is 9.89. The lowest BCUT2D eigenvalue weighted by Crippen LogP contribution is -2.48. The van der Waals surface area contributed by atoms with Gasteiger partial charge in [-0.1, -0.05) is 97.9 Å². The lowest BCUT2D eigenvalue weighted by molar-refractivity contribution is -0.276. The fraction of sp³-hybridized carbons (Fsp3) is 0.413. The van der Waals surface area contributed by atoms with E-state index in [9.17, 15) is 19.5 Å². The molecule has 2 heterocycles. The predicted molar refractivity (Wildman–Crippen MR) is 217 cm³/mol. The molecule has 0 saturated carbocycles. The van der Waals surface area contributed by atoms with Gasteiger partial charge in [-0.3, -0.25) is 9.69 Å². The molecule has 0 aliphatic carbocycles. The van der Waals surface area contributed by atoms with Crippen LogP contribution in [0.1, 0.15) is 80.7 Å². The summed E-state index contributed by atoms with van der Waals surface area (Å²) in [5.74, 6) is -0.770. The molecule has 0 spiro atoms. The number of nitrogens with zero attached hydrogens (tertiary/aromatic N) is 1. The normalized spacial score (nSPS) is 21.7. The van der Waals surface area contributed by atoms with Gasteiger partial charge in [-0.2, -0.15) is 0 Å². The van der Waals surface area contributed by atoms with Crippen LogP contribution in [-0.4, -0.2) is 72.0 Å². The second-order valence-corrected chi connectivity index (χ2v) is 15.9. The van der Waals surface area contributed by atoms with E-state index < -0.39 is 29.9 Å². The van der Waals surface area contributed by atoms with Gasteiger partial charge in [0.1, 0.15) is 17.7 Å². The zero-order valence-electron chi connectivity index (χ0n) is 33.5. The first-order chi connectivity index (χ1) is 27.4. The molecule has 2 saturated heterocycles. The second kappa shape index (κ2) is 18.9. The van der Waals surface area contributed by atoms with Crippen molar-refractivity contribution in [1.82, 2.24) is 15.5 Å². The minimum absolute atomic E-state index is 0.0431. The summed E-state index contributed by atoms with van der Waals surface area (Å²) >= 11 is 0. The van der Waals surface area contributed by atoms with E-state index in [-0.39, 0.29) is 43.3 Å². The van der Waals surface area contributed by atoms with Crippen LogP contribution in [0.25, 0.3) is 11.1 Å². The van der Waals surface area contributed by atoms with Crippen molar-refractivity contribution in [2.75, 3.05) is 20.2 Å². The van der Waals surface area contributed by atoms with E-state index in [1.807, 2.05) is 118 Å². The summed E-state index contributed by atoms with van der Waals surface area (Å²) in [6, 6.07) is 31.6. The van der Waals surface area contributed by atoms with Crippen molar-refractivity contribution in [3.05, 3.63) is 131 Å². The van der Waals surface area contributed by atoms with E-state index in [1.54, 1.807) is 0 Å². The first kappa shape index (κ1) is 41.6. The smallest absolute Gasteiger partial charge is 0.328 e. The first-order valence-corrected chi connectivity index (χ1v) is 19.7. The number of amides is 2. The molecule has 302 valence electrons. The molecule has 4 aromatic rings. The Morgan fingerprint density at radius 1 is 0.860 bits per heavy atom. The minimum atomic E-state index is -0.834. The number of esters is 2. The average Bonchev–Trinajstić information content (AvgIpc) is 3.69. The van der Waals surface area contributed by atoms with Crippen molar-refractivity contribution < 1.29 is 38.4 Å². The largest absolute Gasteiger partial charge is 0.467 e. The molecule has 57 heavy (non-hydrogen) atoms. The number of nitrogens with one attached hydrogen (secondary N) is 2. The van der Waals surface area contributed by atoms with Crippen molar-refractivity contribution in [1.29, 1.82) is 0 Å². The number of ether oxygens (including phenoxy) is 4. The monoisotopic (exact) mass is 777 g/mol. The van der Waals surface area contributed by atoms with Crippen LogP contribution >= 0.6 is 0 Å². The highest BCUT2D eigenvalue weighted by Crippen LogP contribution is 2.43. The van der Waals surface area contributed by atoms with E-state index in [0.29, 0.717) is 13.0 Å². The Balaban J connectivity index is 1.18. The van der Waals surface area contributed by atoms with Gasteiger partial charge >= 0.3 is 18.0 Å². The van der Waals surface area contributed by atoms with Gasteiger partial charge in [0.2, 0.25) is 0 Å². The number of hydrogen-bond acceptors (Lipinski definition) is 9. The zero-order chi connectivity index (χ0) is 40.5. The minimum Gasteiger partial charge on any atom is -0.467 e. The van der Waals surface area contributed by atoms with Crippen molar-refractivity contribution in [2.45, 2.75) is 96.3 Å². The van der Waals surface area contributed by atoms with Crippen LogP contribution in [0.4, 0.5) is 4.79 Å². The highest BCUT2D eigenvalue weighted by Gasteiger charge is 2.42. The summed E-state index contributed by atoms with van der Waals surface area (Å²) in [7, 11) is 1.30. The first-order valence-electron chi connectivity index (χ1n) is 19.7. The standard InChI is InChI=1S/C46H55N3O8/c1-30-40(28-49-23-11-18-39(49)43(52)57-46(2,3)4)55-44(56-41(30)34-21-19-32(29-50)20-22-34)37-17-10-16-36(26-37)35-15-9-14-33(24-35)27-47-45(53)48-38(42(51)54-5)25-31-12-7-6-8-13-31/h6-10,12-17,19-22,24,26,30,38-41,44,50H,11,18,23,25,27-29H2,1-5H3,(H2,47,48,53)/t30-,38+,39+,40+,41+,44+/m1/s1. The summed E-state index contributed by atoms with van der Waals surface area (Å²) < 4.78 is 24.3. The van der Waals surface area contributed by atoms with E-state index >= 15 is 0 Å². The van der Waals surface area contributed by atoms with E-state index in [4.69, 9.17) is 18.9 Å². The Kier molecular flexibility index (Phi) is 13.8. The maximum absolute atomic E-state index is 13.2. The predicted octanol–water partition coefficient (Wildman–Crippen LogP) is 7.03. The molecule has 2 aliphatic heterocycles.